The fraction of sp³-hybridized carbons (Fsp3) is 0.391. The third kappa shape index (κ3) is 6.83. The summed E-state index contributed by atoms with van der Waals surface area (Å²) in [7, 11) is 0.829. The number of nitrogens with zero attached hydrogens (tertiary/aromatic N) is 1. The average Bonchev–Trinajstić information content (AvgIpc) is 3.82. The Hall–Kier alpha value is -6.00. The fourth-order valence-corrected chi connectivity index (χ4v) is 14.9. The summed E-state index contributed by atoms with van der Waals surface area (Å²) in [6.07, 6.45) is 7.07. The Kier molecular flexibility index (Phi) is 9.66. The highest BCUT2D eigenvalue weighted by Gasteiger charge is 2.45. The molecule has 13 rings (SSSR count). The Morgan fingerprint density at radius 1 is 0.438 bits per heavy atom. The third-order valence-electron chi connectivity index (χ3n) is 19.8. The number of para-hydroxylation sites is 1. The second-order valence-corrected chi connectivity index (χ2v) is 27.8. The first kappa shape index (κ1) is 46.8. The molecule has 0 atom stereocenters. The van der Waals surface area contributed by atoms with E-state index in [2.05, 4.69) is 222 Å². The maximum atomic E-state index is 6.81. The molecule has 8 aromatic rings. The molecular weight excluding hydrogens is 884 g/mol. The lowest BCUT2D eigenvalue weighted by atomic mass is 9.54. The van der Waals surface area contributed by atoms with Crippen LogP contribution in [0.15, 0.2) is 120 Å². The van der Waals surface area contributed by atoms with Crippen LogP contribution in [0.2, 0.25) is 0 Å². The average molecular weight is 959 g/mol. The Morgan fingerprint density at radius 3 is 1.67 bits per heavy atom. The topological polar surface area (TPSA) is 28.4 Å². The standard InChI is InChI=1S/C69H75BN2O/c1-63(2)27-29-65(5,6)50-33-40(23-25-48(50)63)71-55-39-59-44(43-20-16-18-22-58(43)73-59)35-46(55)60-61-45(42-19-15-17-21-47(42)69(61,13)14)36-57-62(60)70-54-37-52-53(68(11,12)32-31-67(52,9)10)38-56(54)72(57)41-24-26-49-51(34-41)66(7,8)30-28-64(49,3)4/h15-26,33-39,70-71H,27-32H2,1-14H3. The number of nitrogens with one attached hydrogen (secondary N) is 1. The van der Waals surface area contributed by atoms with E-state index in [1.165, 1.54) is 133 Å². The van der Waals surface area contributed by atoms with Crippen LogP contribution in [0.25, 0.3) is 44.2 Å². The molecule has 0 saturated heterocycles. The van der Waals surface area contributed by atoms with E-state index in [4.69, 9.17) is 4.42 Å². The van der Waals surface area contributed by atoms with Gasteiger partial charge in [-0.1, -0.05) is 163 Å². The van der Waals surface area contributed by atoms with Gasteiger partial charge in [-0.2, -0.15) is 0 Å². The van der Waals surface area contributed by atoms with Crippen LogP contribution in [0.4, 0.5) is 28.4 Å². The quantitative estimate of drug-likeness (QED) is 0.178. The van der Waals surface area contributed by atoms with E-state index in [9.17, 15) is 0 Å². The predicted molar refractivity (Wildman–Crippen MR) is 313 cm³/mol. The SMILES string of the molecule is CC1(C)CCC(C)(C)c2cc(Nc3cc4oc5ccccc5c4cc3-c3c4c(cc5c3C(C)(C)c3ccccc3-5)N(c3ccc5c(c3)C(C)(C)CCC5(C)C)c3cc5c(cc3B4)C(C)(C)CCC5(C)C)ccc21. The minimum Gasteiger partial charge on any atom is -0.456 e. The zero-order chi connectivity index (χ0) is 51.2. The van der Waals surface area contributed by atoms with Gasteiger partial charge in [0.25, 0.3) is 0 Å². The van der Waals surface area contributed by atoms with Crippen molar-refractivity contribution >= 4 is 68.6 Å². The smallest absolute Gasteiger partial charge is 0.198 e. The molecule has 1 N–H and O–H groups in total. The molecule has 4 heteroatoms. The van der Waals surface area contributed by atoms with Crippen LogP contribution in [-0.2, 0) is 37.9 Å². The Labute approximate surface area is 436 Å². The zero-order valence-electron chi connectivity index (χ0n) is 46.3. The molecule has 1 aliphatic heterocycles. The van der Waals surface area contributed by atoms with Crippen LogP contribution in [0.5, 0.6) is 0 Å². The highest BCUT2D eigenvalue weighted by molar-refractivity contribution is 6.73. The van der Waals surface area contributed by atoms with Gasteiger partial charge in [0.05, 0.1) is 5.69 Å². The molecule has 0 fully saturated rings. The molecule has 370 valence electrons. The second-order valence-electron chi connectivity index (χ2n) is 27.8. The lowest BCUT2D eigenvalue weighted by Gasteiger charge is -2.45. The van der Waals surface area contributed by atoms with Crippen molar-refractivity contribution in [3.8, 4) is 22.3 Å². The van der Waals surface area contributed by atoms with E-state index in [0.29, 0.717) is 0 Å². The minimum atomic E-state index is -0.281. The van der Waals surface area contributed by atoms with Crippen LogP contribution in [0, 0.1) is 0 Å². The molecule has 2 heterocycles. The summed E-state index contributed by atoms with van der Waals surface area (Å²) in [6, 6.07) is 45.4. The first-order valence-electron chi connectivity index (χ1n) is 27.7. The van der Waals surface area contributed by atoms with Gasteiger partial charge in [0.1, 0.15) is 11.2 Å². The summed E-state index contributed by atoms with van der Waals surface area (Å²) in [5, 5.41) is 6.47. The number of benzene rings is 7. The van der Waals surface area contributed by atoms with Crippen molar-refractivity contribution in [1.29, 1.82) is 0 Å². The fourth-order valence-electron chi connectivity index (χ4n) is 14.9. The molecule has 3 nitrogen and oxygen atoms in total. The summed E-state index contributed by atoms with van der Waals surface area (Å²) in [5.41, 5.74) is 27.9. The summed E-state index contributed by atoms with van der Waals surface area (Å²) < 4.78 is 6.81. The molecule has 0 amide bonds. The van der Waals surface area contributed by atoms with E-state index in [-0.39, 0.29) is 37.9 Å². The molecule has 0 unspecified atom stereocenters. The molecule has 1 aromatic heterocycles. The predicted octanol–water partition coefficient (Wildman–Crippen LogP) is 17.5. The highest BCUT2D eigenvalue weighted by Crippen LogP contribution is 2.58. The van der Waals surface area contributed by atoms with Crippen LogP contribution in [0.1, 0.15) is 180 Å². The molecule has 0 bridgehead atoms. The van der Waals surface area contributed by atoms with Gasteiger partial charge in [-0.15, -0.1) is 0 Å². The molecule has 0 radical (unpaired) electrons. The summed E-state index contributed by atoms with van der Waals surface area (Å²) in [4.78, 5) is 2.72. The summed E-state index contributed by atoms with van der Waals surface area (Å²) >= 11 is 0. The van der Waals surface area contributed by atoms with Crippen LogP contribution in [0.3, 0.4) is 0 Å². The van der Waals surface area contributed by atoms with Gasteiger partial charge in [-0.3, -0.25) is 0 Å². The molecule has 7 aromatic carbocycles. The minimum absolute atomic E-state index is 0.0568. The van der Waals surface area contributed by atoms with Gasteiger partial charge < -0.3 is 14.6 Å². The van der Waals surface area contributed by atoms with Crippen LogP contribution in [-0.4, -0.2) is 7.28 Å². The van der Waals surface area contributed by atoms with E-state index in [0.717, 1.165) is 40.6 Å². The molecule has 5 aliphatic rings. The largest absolute Gasteiger partial charge is 0.456 e. The van der Waals surface area contributed by atoms with E-state index >= 15 is 0 Å². The van der Waals surface area contributed by atoms with Crippen molar-refractivity contribution in [3.63, 3.8) is 0 Å². The highest BCUT2D eigenvalue weighted by atomic mass is 16.3. The van der Waals surface area contributed by atoms with Crippen molar-refractivity contribution in [3.05, 3.63) is 160 Å². The van der Waals surface area contributed by atoms with Gasteiger partial charge in [0.15, 0.2) is 7.28 Å². The maximum Gasteiger partial charge on any atom is 0.198 e. The molecule has 73 heavy (non-hydrogen) atoms. The van der Waals surface area contributed by atoms with Crippen molar-refractivity contribution in [2.45, 2.75) is 173 Å². The first-order valence-corrected chi connectivity index (χ1v) is 27.7. The molecule has 0 spiro atoms. The first-order chi connectivity index (χ1) is 34.4. The Balaban J connectivity index is 1.14. The van der Waals surface area contributed by atoms with Crippen molar-refractivity contribution < 1.29 is 4.42 Å². The summed E-state index contributed by atoms with van der Waals surface area (Å²) in [5.74, 6) is 0. The number of hydrogen-bond donors (Lipinski definition) is 1. The normalized spacial score (nSPS) is 20.4. The Morgan fingerprint density at radius 2 is 1.00 bits per heavy atom. The number of anilines is 5. The van der Waals surface area contributed by atoms with Gasteiger partial charge in [0.2, 0.25) is 0 Å². The van der Waals surface area contributed by atoms with E-state index < -0.39 is 0 Å². The number of hydrogen-bond acceptors (Lipinski definition) is 3. The van der Waals surface area contributed by atoms with Gasteiger partial charge in [-0.25, -0.2) is 0 Å². The third-order valence-corrected chi connectivity index (χ3v) is 19.8. The molecular formula is C69H75BN2O. The number of fused-ring (bicyclic) bond motifs is 11. The van der Waals surface area contributed by atoms with Crippen molar-refractivity contribution in [2.24, 2.45) is 0 Å². The lowest BCUT2D eigenvalue weighted by Crippen LogP contribution is -2.44. The van der Waals surface area contributed by atoms with E-state index in [1.807, 2.05) is 0 Å². The van der Waals surface area contributed by atoms with Crippen molar-refractivity contribution in [1.82, 2.24) is 0 Å². The van der Waals surface area contributed by atoms with Gasteiger partial charge in [0, 0.05) is 50.6 Å². The molecule has 0 saturated carbocycles. The number of rotatable bonds is 4. The van der Waals surface area contributed by atoms with Crippen LogP contribution >= 0.6 is 0 Å². The van der Waals surface area contributed by atoms with Crippen molar-refractivity contribution in [2.75, 3.05) is 10.2 Å². The summed E-state index contributed by atoms with van der Waals surface area (Å²) in [6.45, 7) is 34.5. The van der Waals surface area contributed by atoms with Gasteiger partial charge in [-0.05, 0) is 186 Å². The Bertz CT molecular complexity index is 3680. The molecule has 4 aliphatic carbocycles. The maximum absolute atomic E-state index is 6.81. The monoisotopic (exact) mass is 959 g/mol. The van der Waals surface area contributed by atoms with Crippen LogP contribution < -0.4 is 21.1 Å². The number of furan rings is 1. The second kappa shape index (κ2) is 15.1. The zero-order valence-corrected chi connectivity index (χ0v) is 46.3. The van der Waals surface area contributed by atoms with E-state index in [1.54, 1.807) is 0 Å². The van der Waals surface area contributed by atoms with Gasteiger partial charge >= 0.3 is 0 Å². The lowest BCUT2D eigenvalue weighted by molar-refractivity contribution is 0.332.